The first-order chi connectivity index (χ1) is 12.6. The fraction of sp³-hybridized carbons (Fsp3) is 0.333. The average Bonchev–Trinajstić information content (AvgIpc) is 3.22. The fourth-order valence-corrected chi connectivity index (χ4v) is 2.52. The summed E-state index contributed by atoms with van der Waals surface area (Å²) in [5.41, 5.74) is -1.23. The van der Waals surface area contributed by atoms with Crippen molar-refractivity contribution in [1.29, 1.82) is 0 Å². The molecule has 0 bridgehead atoms. The van der Waals surface area contributed by atoms with Crippen LogP contribution in [0.2, 0.25) is 0 Å². The van der Waals surface area contributed by atoms with Gasteiger partial charge in [-0.05, 0) is 49.2 Å². The average molecular weight is 382 g/mol. The molecule has 0 fully saturated rings. The molecule has 0 aliphatic carbocycles. The molecule has 0 saturated carbocycles. The first-order valence-electron chi connectivity index (χ1n) is 8.07. The number of aryl methyl sites for hydroxylation is 2. The van der Waals surface area contributed by atoms with Crippen molar-refractivity contribution in [3.8, 4) is 5.75 Å². The molecule has 1 aromatic carbocycles. The maximum atomic E-state index is 13.1. The summed E-state index contributed by atoms with van der Waals surface area (Å²) in [6.07, 6.45) is -5.06. The zero-order chi connectivity index (χ0) is 19.8. The van der Waals surface area contributed by atoms with Crippen LogP contribution in [0.4, 0.5) is 13.2 Å². The van der Waals surface area contributed by atoms with E-state index in [-0.39, 0.29) is 23.1 Å². The second-order valence-corrected chi connectivity index (χ2v) is 6.23. The molecule has 144 valence electrons. The summed E-state index contributed by atoms with van der Waals surface area (Å²) in [4.78, 5) is 12.3. The van der Waals surface area contributed by atoms with Crippen LogP contribution in [0.1, 0.15) is 33.9 Å². The number of hydrazone groups is 1. The molecule has 1 aromatic heterocycles. The number of halogens is 3. The standard InChI is InChI=1S/C18H17F3N2O4/c1-11-3-4-13(9-12(11)2)26-10-14-5-6-15(27-14)16(24)23-17(25,7-8-22-23)18(19,20)21/h3-6,8-9,25H,7,10H2,1-2H3/t17-/m1/s1. The van der Waals surface area contributed by atoms with E-state index in [0.717, 1.165) is 17.3 Å². The number of ether oxygens (including phenoxy) is 1. The van der Waals surface area contributed by atoms with Gasteiger partial charge in [-0.2, -0.15) is 23.3 Å². The number of aliphatic hydroxyl groups is 1. The molecule has 0 radical (unpaired) electrons. The first-order valence-corrected chi connectivity index (χ1v) is 8.07. The van der Waals surface area contributed by atoms with Crippen LogP contribution < -0.4 is 4.74 Å². The summed E-state index contributed by atoms with van der Waals surface area (Å²) in [6.45, 7) is 3.89. The van der Waals surface area contributed by atoms with Crippen molar-refractivity contribution in [1.82, 2.24) is 5.01 Å². The Morgan fingerprint density at radius 3 is 2.70 bits per heavy atom. The van der Waals surface area contributed by atoms with Crippen molar-refractivity contribution in [2.24, 2.45) is 5.10 Å². The number of rotatable bonds is 4. The number of furan rings is 1. The maximum absolute atomic E-state index is 13.1. The topological polar surface area (TPSA) is 75.3 Å². The maximum Gasteiger partial charge on any atom is 0.438 e. The van der Waals surface area contributed by atoms with E-state index in [2.05, 4.69) is 5.10 Å². The predicted molar refractivity (Wildman–Crippen MR) is 89.2 cm³/mol. The van der Waals surface area contributed by atoms with Gasteiger partial charge in [-0.25, -0.2) is 0 Å². The normalized spacial score (nSPS) is 19.6. The van der Waals surface area contributed by atoms with Gasteiger partial charge in [0.2, 0.25) is 0 Å². The number of nitrogens with zero attached hydrogens (tertiary/aromatic N) is 2. The van der Waals surface area contributed by atoms with Crippen LogP contribution in [0.3, 0.4) is 0 Å². The number of benzene rings is 1. The Morgan fingerprint density at radius 1 is 1.30 bits per heavy atom. The van der Waals surface area contributed by atoms with Gasteiger partial charge in [0.05, 0.1) is 0 Å². The second kappa shape index (κ2) is 6.73. The van der Waals surface area contributed by atoms with E-state index < -0.39 is 24.2 Å². The zero-order valence-electron chi connectivity index (χ0n) is 14.6. The molecule has 1 N–H and O–H groups in total. The second-order valence-electron chi connectivity index (χ2n) is 6.23. The molecule has 27 heavy (non-hydrogen) atoms. The van der Waals surface area contributed by atoms with Gasteiger partial charge in [0, 0.05) is 12.6 Å². The van der Waals surface area contributed by atoms with Crippen LogP contribution in [0.25, 0.3) is 0 Å². The van der Waals surface area contributed by atoms with Crippen LogP contribution in [0.5, 0.6) is 5.75 Å². The number of carbonyl (C=O) groups excluding carboxylic acids is 1. The Hall–Kier alpha value is -2.81. The van der Waals surface area contributed by atoms with Gasteiger partial charge in [0.15, 0.2) is 5.76 Å². The van der Waals surface area contributed by atoms with Crippen molar-refractivity contribution < 1.29 is 32.2 Å². The summed E-state index contributed by atoms with van der Waals surface area (Å²) in [6, 6.07) is 8.14. The van der Waals surface area contributed by atoms with Crippen LogP contribution in [-0.4, -0.2) is 34.1 Å². The van der Waals surface area contributed by atoms with Gasteiger partial charge >= 0.3 is 12.1 Å². The number of carbonyl (C=O) groups is 1. The number of hydrogen-bond acceptors (Lipinski definition) is 5. The van der Waals surface area contributed by atoms with Crippen LogP contribution >= 0.6 is 0 Å². The molecular formula is C18H17F3N2O4. The Morgan fingerprint density at radius 2 is 2.04 bits per heavy atom. The summed E-state index contributed by atoms with van der Waals surface area (Å²) in [5, 5.41) is 13.2. The Bertz CT molecular complexity index is 891. The third-order valence-corrected chi connectivity index (χ3v) is 4.30. The minimum absolute atomic E-state index is 0.0113. The van der Waals surface area contributed by atoms with Crippen molar-refractivity contribution in [2.75, 3.05) is 0 Å². The molecule has 2 aromatic rings. The van der Waals surface area contributed by atoms with E-state index in [1.165, 1.54) is 12.1 Å². The van der Waals surface area contributed by atoms with E-state index in [9.17, 15) is 23.1 Å². The fourth-order valence-electron chi connectivity index (χ4n) is 2.52. The molecule has 1 atom stereocenters. The first kappa shape index (κ1) is 19.0. The van der Waals surface area contributed by atoms with Gasteiger partial charge in [-0.15, -0.1) is 0 Å². The number of hydrogen-bond donors (Lipinski definition) is 1. The van der Waals surface area contributed by atoms with Gasteiger partial charge in [-0.3, -0.25) is 4.79 Å². The molecule has 9 heteroatoms. The monoisotopic (exact) mass is 382 g/mol. The van der Waals surface area contributed by atoms with Crippen molar-refractivity contribution >= 4 is 12.1 Å². The molecule has 1 aliphatic heterocycles. The van der Waals surface area contributed by atoms with Gasteiger partial charge in [0.25, 0.3) is 5.72 Å². The van der Waals surface area contributed by atoms with Gasteiger partial charge in [-0.1, -0.05) is 6.07 Å². The lowest BCUT2D eigenvalue weighted by Gasteiger charge is -2.31. The summed E-state index contributed by atoms with van der Waals surface area (Å²) >= 11 is 0. The largest absolute Gasteiger partial charge is 0.486 e. The third-order valence-electron chi connectivity index (χ3n) is 4.30. The highest BCUT2D eigenvalue weighted by Crippen LogP contribution is 2.39. The number of alkyl halides is 3. The van der Waals surface area contributed by atoms with E-state index in [4.69, 9.17) is 9.15 Å². The van der Waals surface area contributed by atoms with Crippen molar-refractivity contribution in [3.63, 3.8) is 0 Å². The quantitative estimate of drug-likeness (QED) is 0.877. The van der Waals surface area contributed by atoms with Gasteiger partial charge < -0.3 is 14.3 Å². The van der Waals surface area contributed by atoms with Crippen molar-refractivity contribution in [2.45, 2.75) is 38.8 Å². The summed E-state index contributed by atoms with van der Waals surface area (Å²) in [5.74, 6) is -0.732. The predicted octanol–water partition coefficient (Wildman–Crippen LogP) is 3.56. The highest BCUT2D eigenvalue weighted by Gasteiger charge is 2.61. The minimum atomic E-state index is -5.05. The van der Waals surface area contributed by atoms with E-state index >= 15 is 0 Å². The lowest BCUT2D eigenvalue weighted by Crippen LogP contribution is -2.56. The molecule has 1 aliphatic rings. The lowest BCUT2D eigenvalue weighted by molar-refractivity contribution is -0.297. The molecule has 0 saturated heterocycles. The molecule has 0 unspecified atom stereocenters. The number of amides is 1. The molecule has 1 amide bonds. The van der Waals surface area contributed by atoms with E-state index in [0.29, 0.717) is 5.75 Å². The summed E-state index contributed by atoms with van der Waals surface area (Å²) in [7, 11) is 0. The summed E-state index contributed by atoms with van der Waals surface area (Å²) < 4.78 is 50.0. The SMILES string of the molecule is Cc1ccc(OCc2ccc(C(=O)N3N=CC[C@@]3(O)C(F)(F)F)o2)cc1C. The lowest BCUT2D eigenvalue weighted by atomic mass is 10.1. The van der Waals surface area contributed by atoms with Crippen LogP contribution in [0, 0.1) is 13.8 Å². The Kier molecular flexibility index (Phi) is 4.73. The molecule has 2 heterocycles. The third kappa shape index (κ3) is 3.55. The minimum Gasteiger partial charge on any atom is -0.486 e. The zero-order valence-corrected chi connectivity index (χ0v) is 14.6. The highest BCUT2D eigenvalue weighted by atomic mass is 19.4. The van der Waals surface area contributed by atoms with Crippen LogP contribution in [0.15, 0.2) is 39.9 Å². The Labute approximate surface area is 152 Å². The van der Waals surface area contributed by atoms with Gasteiger partial charge in [0.1, 0.15) is 18.1 Å². The highest BCUT2D eigenvalue weighted by molar-refractivity contribution is 5.93. The smallest absolute Gasteiger partial charge is 0.438 e. The molecule has 3 rings (SSSR count). The van der Waals surface area contributed by atoms with Crippen molar-refractivity contribution in [3.05, 3.63) is 53.0 Å². The molecule has 6 nitrogen and oxygen atoms in total. The Balaban J connectivity index is 1.70. The molecular weight excluding hydrogens is 365 g/mol. The van der Waals surface area contributed by atoms with E-state index in [1.807, 2.05) is 26.0 Å². The van der Waals surface area contributed by atoms with Crippen LogP contribution in [-0.2, 0) is 6.61 Å². The molecule has 0 spiro atoms. The van der Waals surface area contributed by atoms with E-state index in [1.54, 1.807) is 6.07 Å².